The molecule has 0 N–H and O–H groups in total. The van der Waals surface area contributed by atoms with Gasteiger partial charge in [0.1, 0.15) is 0 Å². The van der Waals surface area contributed by atoms with Crippen molar-refractivity contribution >= 4 is 11.6 Å². The van der Waals surface area contributed by atoms with Crippen LogP contribution in [0.1, 0.15) is 31.2 Å². The second kappa shape index (κ2) is 3.93. The van der Waals surface area contributed by atoms with Gasteiger partial charge in [-0.3, -0.25) is 4.79 Å². The molecule has 1 fully saturated rings. The summed E-state index contributed by atoms with van der Waals surface area (Å²) in [5.41, 5.74) is 2.41. The van der Waals surface area contributed by atoms with Gasteiger partial charge in [-0.2, -0.15) is 0 Å². The fourth-order valence-electron chi connectivity index (χ4n) is 2.57. The summed E-state index contributed by atoms with van der Waals surface area (Å²) in [5.74, 6) is 0.647. The van der Waals surface area contributed by atoms with Crippen molar-refractivity contribution in [3.05, 3.63) is 29.8 Å². The number of hydrogen-bond donors (Lipinski definition) is 0. The number of hydrogen-bond acceptors (Lipinski definition) is 1. The molecule has 0 spiro atoms. The number of amides is 1. The zero-order valence-electron chi connectivity index (χ0n) is 9.41. The highest BCUT2D eigenvalue weighted by Gasteiger charge is 2.31. The van der Waals surface area contributed by atoms with Crippen LogP contribution in [-0.4, -0.2) is 12.5 Å². The van der Waals surface area contributed by atoms with E-state index < -0.39 is 0 Å². The molecule has 1 radical (unpaired) electrons. The Balaban J connectivity index is 1.89. The van der Waals surface area contributed by atoms with Crippen molar-refractivity contribution in [2.24, 2.45) is 5.92 Å². The zero-order chi connectivity index (χ0) is 11.0. The number of aryl methyl sites for hydroxylation is 1. The Kier molecular flexibility index (Phi) is 2.43. The first-order valence-electron chi connectivity index (χ1n) is 6.16. The third kappa shape index (κ3) is 1.53. The van der Waals surface area contributed by atoms with Gasteiger partial charge in [0.05, 0.1) is 0 Å². The predicted molar refractivity (Wildman–Crippen MR) is 63.3 cm³/mol. The van der Waals surface area contributed by atoms with Crippen LogP contribution in [0.3, 0.4) is 0 Å². The summed E-state index contributed by atoms with van der Waals surface area (Å²) in [5, 5.41) is 0. The van der Waals surface area contributed by atoms with E-state index in [0.717, 1.165) is 37.9 Å². The molecule has 2 heteroatoms. The summed E-state index contributed by atoms with van der Waals surface area (Å²) in [6, 6.07) is 9.06. The molecule has 1 amide bonds. The molecule has 0 bridgehead atoms. The Morgan fingerprint density at radius 2 is 2.25 bits per heavy atom. The molecule has 1 saturated carbocycles. The van der Waals surface area contributed by atoms with Crippen molar-refractivity contribution in [3.63, 3.8) is 0 Å². The van der Waals surface area contributed by atoms with Gasteiger partial charge in [-0.05, 0) is 49.4 Å². The highest BCUT2D eigenvalue weighted by atomic mass is 16.2. The number of carbonyl (C=O) groups excluding carboxylic acids is 1. The summed E-state index contributed by atoms with van der Waals surface area (Å²) >= 11 is 0. The Morgan fingerprint density at radius 1 is 1.38 bits per heavy atom. The van der Waals surface area contributed by atoms with E-state index in [0.29, 0.717) is 11.8 Å². The lowest BCUT2D eigenvalue weighted by Gasteiger charge is -2.35. The second-order valence-electron chi connectivity index (χ2n) is 4.78. The maximum atomic E-state index is 12.3. The predicted octanol–water partition coefficient (Wildman–Crippen LogP) is 2.57. The smallest absolute Gasteiger partial charge is 0.230 e. The minimum Gasteiger partial charge on any atom is -0.312 e. The van der Waals surface area contributed by atoms with E-state index in [1.54, 1.807) is 0 Å². The van der Waals surface area contributed by atoms with Gasteiger partial charge in [0.2, 0.25) is 5.91 Å². The van der Waals surface area contributed by atoms with Crippen LogP contribution >= 0.6 is 0 Å². The molecular formula is C14H16NO. The third-order valence-electron chi connectivity index (χ3n) is 3.76. The van der Waals surface area contributed by atoms with Gasteiger partial charge in [0.15, 0.2) is 0 Å². The first kappa shape index (κ1) is 9.88. The molecule has 1 aliphatic carbocycles. The first-order valence-corrected chi connectivity index (χ1v) is 6.16. The summed E-state index contributed by atoms with van der Waals surface area (Å²) in [4.78, 5) is 14.3. The molecule has 0 unspecified atom stereocenters. The number of nitrogens with zero attached hydrogens (tertiary/aromatic N) is 1. The van der Waals surface area contributed by atoms with E-state index in [4.69, 9.17) is 0 Å². The van der Waals surface area contributed by atoms with Gasteiger partial charge in [-0.15, -0.1) is 0 Å². The van der Waals surface area contributed by atoms with Crippen molar-refractivity contribution in [2.45, 2.75) is 32.1 Å². The van der Waals surface area contributed by atoms with Crippen LogP contribution in [0.2, 0.25) is 0 Å². The molecule has 83 valence electrons. The van der Waals surface area contributed by atoms with Gasteiger partial charge < -0.3 is 4.90 Å². The van der Waals surface area contributed by atoms with E-state index in [2.05, 4.69) is 6.07 Å². The molecule has 2 nitrogen and oxygen atoms in total. The van der Waals surface area contributed by atoms with Crippen LogP contribution in [0.25, 0.3) is 0 Å². The molecule has 1 aromatic rings. The number of carbonyl (C=O) groups is 1. The number of rotatable bonds is 1. The number of anilines is 1. The molecule has 1 aromatic carbocycles. The molecule has 2 aliphatic rings. The first-order chi connectivity index (χ1) is 7.86. The molecule has 0 atom stereocenters. The van der Waals surface area contributed by atoms with Gasteiger partial charge in [-0.1, -0.05) is 12.5 Å². The van der Waals surface area contributed by atoms with Gasteiger partial charge in [0, 0.05) is 18.2 Å². The summed E-state index contributed by atoms with van der Waals surface area (Å²) in [6.07, 6.45) is 5.57. The minimum absolute atomic E-state index is 0.301. The average molecular weight is 214 g/mol. The molecule has 3 rings (SSSR count). The average Bonchev–Trinajstić information content (AvgIpc) is 2.26. The Hall–Kier alpha value is -1.31. The molecular weight excluding hydrogens is 198 g/mol. The fourth-order valence-corrected chi connectivity index (χ4v) is 2.57. The normalized spacial score (nSPS) is 20.1. The van der Waals surface area contributed by atoms with E-state index in [1.165, 1.54) is 12.0 Å². The molecule has 1 aliphatic heterocycles. The van der Waals surface area contributed by atoms with Crippen molar-refractivity contribution < 1.29 is 4.79 Å². The quantitative estimate of drug-likeness (QED) is 0.703. The lowest BCUT2D eigenvalue weighted by Crippen LogP contribution is -2.41. The summed E-state index contributed by atoms with van der Waals surface area (Å²) in [7, 11) is 0. The second-order valence-corrected chi connectivity index (χ2v) is 4.78. The van der Waals surface area contributed by atoms with E-state index in [9.17, 15) is 4.79 Å². The third-order valence-corrected chi connectivity index (χ3v) is 3.76. The van der Waals surface area contributed by atoms with Gasteiger partial charge in [0.25, 0.3) is 0 Å². The molecule has 1 heterocycles. The Morgan fingerprint density at radius 3 is 3.00 bits per heavy atom. The zero-order valence-corrected chi connectivity index (χ0v) is 9.41. The monoisotopic (exact) mass is 214 g/mol. The summed E-state index contributed by atoms with van der Waals surface area (Å²) in [6.45, 7) is 0.895. The maximum absolute atomic E-state index is 12.3. The van der Waals surface area contributed by atoms with Crippen molar-refractivity contribution in [1.29, 1.82) is 0 Å². The lowest BCUT2D eigenvalue weighted by molar-refractivity contribution is -0.124. The van der Waals surface area contributed by atoms with Crippen LogP contribution in [0.15, 0.2) is 18.2 Å². The topological polar surface area (TPSA) is 20.3 Å². The lowest BCUT2D eigenvalue weighted by atomic mass is 9.83. The molecule has 0 saturated heterocycles. The highest BCUT2D eigenvalue weighted by molar-refractivity contribution is 5.96. The standard InChI is InChI=1S/C14H16NO/c16-14(12-6-3-7-12)15-10-4-8-11-5-1-2-9-13(11)15/h2,5,9,12H,3-4,6-8,10H2. The molecule has 0 aromatic heterocycles. The van der Waals surface area contributed by atoms with Crippen molar-refractivity contribution in [2.75, 3.05) is 11.4 Å². The Labute approximate surface area is 96.3 Å². The van der Waals surface area contributed by atoms with Crippen molar-refractivity contribution in [1.82, 2.24) is 0 Å². The maximum Gasteiger partial charge on any atom is 0.230 e. The fraction of sp³-hybridized carbons (Fsp3) is 0.500. The van der Waals surface area contributed by atoms with Gasteiger partial charge >= 0.3 is 0 Å². The Bertz CT molecular complexity index is 409. The van der Waals surface area contributed by atoms with Crippen LogP contribution in [0.5, 0.6) is 0 Å². The minimum atomic E-state index is 0.301. The van der Waals surface area contributed by atoms with Crippen LogP contribution < -0.4 is 4.90 Å². The largest absolute Gasteiger partial charge is 0.312 e. The van der Waals surface area contributed by atoms with Crippen LogP contribution in [0, 0.1) is 12.0 Å². The SMILES string of the molecule is O=C(C1CCC1)N1CCCc2c[c]ccc21. The number of fused-ring (bicyclic) bond motifs is 1. The van der Waals surface area contributed by atoms with Gasteiger partial charge in [-0.25, -0.2) is 0 Å². The number of benzene rings is 1. The van der Waals surface area contributed by atoms with E-state index in [-0.39, 0.29) is 0 Å². The van der Waals surface area contributed by atoms with E-state index in [1.807, 2.05) is 23.1 Å². The van der Waals surface area contributed by atoms with Crippen LogP contribution in [0.4, 0.5) is 5.69 Å². The van der Waals surface area contributed by atoms with Crippen LogP contribution in [-0.2, 0) is 11.2 Å². The summed E-state index contributed by atoms with van der Waals surface area (Å²) < 4.78 is 0. The highest BCUT2D eigenvalue weighted by Crippen LogP contribution is 2.33. The van der Waals surface area contributed by atoms with Crippen molar-refractivity contribution in [3.8, 4) is 0 Å². The van der Waals surface area contributed by atoms with E-state index >= 15 is 0 Å². The molecule has 16 heavy (non-hydrogen) atoms.